The number of amides is 1. The first kappa shape index (κ1) is 12.8. The van der Waals surface area contributed by atoms with Crippen LogP contribution >= 0.6 is 11.8 Å². The fourth-order valence-corrected chi connectivity index (χ4v) is 1.79. The molecule has 3 nitrogen and oxygen atoms in total. The number of carbonyl (C=O) groups is 1. The average Bonchev–Trinajstić information content (AvgIpc) is 2.13. The fraction of sp³-hybridized carbons (Fsp3) is 0.889. The third-order valence-electron chi connectivity index (χ3n) is 1.80. The molecule has 0 aromatic heterocycles. The van der Waals surface area contributed by atoms with E-state index in [9.17, 15) is 4.79 Å². The topological polar surface area (TPSA) is 55.1 Å². The van der Waals surface area contributed by atoms with E-state index in [1.54, 1.807) is 11.8 Å². The maximum atomic E-state index is 11.3. The highest BCUT2D eigenvalue weighted by atomic mass is 32.2. The molecule has 0 saturated carbocycles. The second-order valence-corrected chi connectivity index (χ2v) is 4.41. The average molecular weight is 204 g/mol. The third-order valence-corrected chi connectivity index (χ3v) is 3.14. The first-order valence-electron chi connectivity index (χ1n) is 4.76. The Balaban J connectivity index is 3.60. The summed E-state index contributed by atoms with van der Waals surface area (Å²) in [5.74, 6) is 0.963. The Morgan fingerprint density at radius 1 is 1.54 bits per heavy atom. The van der Waals surface area contributed by atoms with Gasteiger partial charge in [-0.05, 0) is 20.3 Å². The van der Waals surface area contributed by atoms with Gasteiger partial charge in [0.15, 0.2) is 0 Å². The zero-order valence-electron chi connectivity index (χ0n) is 8.67. The van der Waals surface area contributed by atoms with Gasteiger partial charge in [0.2, 0.25) is 5.91 Å². The highest BCUT2D eigenvalue weighted by molar-refractivity contribution is 8.00. The SMILES string of the molecule is CCNC(=O)C(C)SCC(N)CC. The zero-order chi connectivity index (χ0) is 10.3. The second-order valence-electron chi connectivity index (χ2n) is 3.04. The summed E-state index contributed by atoms with van der Waals surface area (Å²) in [5, 5.41) is 2.80. The van der Waals surface area contributed by atoms with Gasteiger partial charge in [-0.25, -0.2) is 0 Å². The van der Waals surface area contributed by atoms with Gasteiger partial charge in [-0.2, -0.15) is 0 Å². The predicted molar refractivity (Wildman–Crippen MR) is 58.9 cm³/mol. The van der Waals surface area contributed by atoms with E-state index in [4.69, 9.17) is 5.73 Å². The van der Waals surface area contributed by atoms with Crippen LogP contribution in [0.3, 0.4) is 0 Å². The molecule has 0 spiro atoms. The van der Waals surface area contributed by atoms with E-state index >= 15 is 0 Å². The summed E-state index contributed by atoms with van der Waals surface area (Å²) in [7, 11) is 0. The Kier molecular flexibility index (Phi) is 7.09. The molecule has 0 aliphatic rings. The molecule has 0 aliphatic carbocycles. The van der Waals surface area contributed by atoms with Gasteiger partial charge < -0.3 is 11.1 Å². The van der Waals surface area contributed by atoms with Crippen molar-refractivity contribution in [3.05, 3.63) is 0 Å². The van der Waals surface area contributed by atoms with Gasteiger partial charge in [0.25, 0.3) is 0 Å². The van der Waals surface area contributed by atoms with Crippen LogP contribution in [-0.4, -0.2) is 29.5 Å². The Labute approximate surface area is 84.8 Å². The molecule has 0 aromatic carbocycles. The standard InChI is InChI=1S/C9H20N2OS/c1-4-8(10)6-13-7(3)9(12)11-5-2/h7-8H,4-6,10H2,1-3H3,(H,11,12). The molecule has 0 radical (unpaired) electrons. The lowest BCUT2D eigenvalue weighted by molar-refractivity contribution is -0.120. The molecule has 0 saturated heterocycles. The molecule has 0 aliphatic heterocycles. The van der Waals surface area contributed by atoms with Crippen molar-refractivity contribution in [3.63, 3.8) is 0 Å². The molecule has 2 unspecified atom stereocenters. The van der Waals surface area contributed by atoms with E-state index in [1.165, 1.54) is 0 Å². The lowest BCUT2D eigenvalue weighted by Crippen LogP contribution is -2.32. The van der Waals surface area contributed by atoms with E-state index in [2.05, 4.69) is 12.2 Å². The highest BCUT2D eigenvalue weighted by Gasteiger charge is 2.12. The molecule has 0 heterocycles. The minimum absolute atomic E-state index is 0.0116. The molecular formula is C9H20N2OS. The largest absolute Gasteiger partial charge is 0.355 e. The van der Waals surface area contributed by atoms with E-state index in [1.807, 2.05) is 13.8 Å². The molecule has 0 bridgehead atoms. The number of nitrogens with two attached hydrogens (primary N) is 1. The second kappa shape index (κ2) is 7.21. The summed E-state index contributed by atoms with van der Waals surface area (Å²) in [4.78, 5) is 11.3. The van der Waals surface area contributed by atoms with Crippen molar-refractivity contribution >= 4 is 17.7 Å². The van der Waals surface area contributed by atoms with Gasteiger partial charge in [-0.3, -0.25) is 4.79 Å². The van der Waals surface area contributed by atoms with Crippen molar-refractivity contribution in [2.45, 2.75) is 38.5 Å². The zero-order valence-corrected chi connectivity index (χ0v) is 9.49. The first-order chi connectivity index (χ1) is 6.11. The molecule has 0 aromatic rings. The molecule has 0 fully saturated rings. The molecular weight excluding hydrogens is 184 g/mol. The van der Waals surface area contributed by atoms with Crippen molar-refractivity contribution in [2.24, 2.45) is 5.73 Å². The van der Waals surface area contributed by atoms with Gasteiger partial charge in [0.05, 0.1) is 5.25 Å². The Bertz CT molecular complexity index is 153. The van der Waals surface area contributed by atoms with Crippen LogP contribution in [0.1, 0.15) is 27.2 Å². The highest BCUT2D eigenvalue weighted by Crippen LogP contribution is 2.12. The van der Waals surface area contributed by atoms with Crippen molar-refractivity contribution in [2.75, 3.05) is 12.3 Å². The van der Waals surface area contributed by atoms with Gasteiger partial charge in [0, 0.05) is 18.3 Å². The van der Waals surface area contributed by atoms with Crippen molar-refractivity contribution < 1.29 is 4.79 Å². The quantitative estimate of drug-likeness (QED) is 0.678. The Morgan fingerprint density at radius 3 is 2.62 bits per heavy atom. The van der Waals surface area contributed by atoms with Crippen LogP contribution in [0.5, 0.6) is 0 Å². The summed E-state index contributed by atoms with van der Waals surface area (Å²) < 4.78 is 0. The maximum absolute atomic E-state index is 11.3. The van der Waals surface area contributed by atoms with Crippen molar-refractivity contribution in [3.8, 4) is 0 Å². The Hall–Kier alpha value is -0.220. The van der Waals surface area contributed by atoms with Crippen LogP contribution in [-0.2, 0) is 4.79 Å². The van der Waals surface area contributed by atoms with Crippen LogP contribution in [0.4, 0.5) is 0 Å². The number of hydrogen-bond donors (Lipinski definition) is 2. The number of rotatable bonds is 6. The number of carbonyl (C=O) groups excluding carboxylic acids is 1. The molecule has 3 N–H and O–H groups in total. The summed E-state index contributed by atoms with van der Waals surface area (Å²) in [5.41, 5.74) is 5.74. The van der Waals surface area contributed by atoms with E-state index < -0.39 is 0 Å². The predicted octanol–water partition coefficient (Wildman–Crippen LogP) is 0.981. The molecule has 1 amide bonds. The lowest BCUT2D eigenvalue weighted by atomic mass is 10.3. The minimum Gasteiger partial charge on any atom is -0.355 e. The van der Waals surface area contributed by atoms with Gasteiger partial charge in [-0.1, -0.05) is 6.92 Å². The van der Waals surface area contributed by atoms with Crippen LogP contribution in [0.25, 0.3) is 0 Å². The van der Waals surface area contributed by atoms with Crippen LogP contribution in [0.15, 0.2) is 0 Å². The molecule has 2 atom stereocenters. The molecule has 4 heteroatoms. The smallest absolute Gasteiger partial charge is 0.232 e. The fourth-order valence-electron chi connectivity index (χ4n) is 0.779. The summed E-state index contributed by atoms with van der Waals surface area (Å²) >= 11 is 1.62. The maximum Gasteiger partial charge on any atom is 0.232 e. The monoisotopic (exact) mass is 204 g/mol. The van der Waals surface area contributed by atoms with Gasteiger partial charge in [0.1, 0.15) is 0 Å². The summed E-state index contributed by atoms with van der Waals surface area (Å²) in [6.07, 6.45) is 0.967. The minimum atomic E-state index is 0.0116. The lowest BCUT2D eigenvalue weighted by Gasteiger charge is -2.13. The molecule has 0 rings (SSSR count). The normalized spacial score (nSPS) is 15.1. The summed E-state index contributed by atoms with van der Waals surface area (Å²) in [6, 6.07) is 0.210. The van der Waals surface area contributed by atoms with Crippen LogP contribution in [0.2, 0.25) is 0 Å². The van der Waals surface area contributed by atoms with Crippen LogP contribution < -0.4 is 11.1 Å². The van der Waals surface area contributed by atoms with Crippen molar-refractivity contribution in [1.29, 1.82) is 0 Å². The van der Waals surface area contributed by atoms with Crippen LogP contribution in [0, 0.1) is 0 Å². The number of thioether (sulfide) groups is 1. The number of hydrogen-bond acceptors (Lipinski definition) is 3. The van der Waals surface area contributed by atoms with Gasteiger partial charge >= 0.3 is 0 Å². The third kappa shape index (κ3) is 5.93. The number of nitrogens with one attached hydrogen (secondary N) is 1. The van der Waals surface area contributed by atoms with E-state index in [0.29, 0.717) is 6.54 Å². The molecule has 13 heavy (non-hydrogen) atoms. The summed E-state index contributed by atoms with van der Waals surface area (Å²) in [6.45, 7) is 6.59. The van der Waals surface area contributed by atoms with E-state index in [-0.39, 0.29) is 17.2 Å². The van der Waals surface area contributed by atoms with E-state index in [0.717, 1.165) is 12.2 Å². The Morgan fingerprint density at radius 2 is 2.15 bits per heavy atom. The van der Waals surface area contributed by atoms with Crippen molar-refractivity contribution in [1.82, 2.24) is 5.32 Å². The first-order valence-corrected chi connectivity index (χ1v) is 5.81. The van der Waals surface area contributed by atoms with Gasteiger partial charge in [-0.15, -0.1) is 11.8 Å². The molecule has 78 valence electrons.